The summed E-state index contributed by atoms with van der Waals surface area (Å²) < 4.78 is 1.35. The molecule has 2 aromatic heterocycles. The van der Waals surface area contributed by atoms with Gasteiger partial charge >= 0.3 is 0 Å². The van der Waals surface area contributed by atoms with Crippen molar-refractivity contribution in [2.75, 3.05) is 5.32 Å². The van der Waals surface area contributed by atoms with Gasteiger partial charge in [-0.05, 0) is 30.4 Å². The third-order valence-corrected chi connectivity index (χ3v) is 4.69. The molecule has 6 heteroatoms. The highest BCUT2D eigenvalue weighted by Crippen LogP contribution is 2.33. The van der Waals surface area contributed by atoms with E-state index in [0.717, 1.165) is 24.4 Å². The number of nitrogens with zero attached hydrogens (tertiary/aromatic N) is 3. The first kappa shape index (κ1) is 12.5. The Morgan fingerprint density at radius 3 is 3.10 bits per heavy atom. The molecule has 106 valence electrons. The van der Waals surface area contributed by atoms with Gasteiger partial charge in [-0.1, -0.05) is 35.6 Å². The standard InChI is InChI=1S/C15H14N4OS/c20-13-8-9-16-15-19(13)18-14(21-15)17-12-7-3-5-10-4-1-2-6-11(10)12/h1-2,4,6,8-9,12H,3,5,7H2,(H,17,18). The molecular formula is C15H14N4OS. The van der Waals surface area contributed by atoms with E-state index >= 15 is 0 Å². The van der Waals surface area contributed by atoms with E-state index in [1.165, 1.54) is 39.2 Å². The summed E-state index contributed by atoms with van der Waals surface area (Å²) >= 11 is 1.41. The van der Waals surface area contributed by atoms with Crippen LogP contribution in [-0.2, 0) is 6.42 Å². The Hall–Kier alpha value is -2.21. The van der Waals surface area contributed by atoms with Crippen LogP contribution in [0.25, 0.3) is 4.96 Å². The van der Waals surface area contributed by atoms with E-state index in [0.29, 0.717) is 4.96 Å². The monoisotopic (exact) mass is 298 g/mol. The van der Waals surface area contributed by atoms with Crippen LogP contribution in [0.5, 0.6) is 0 Å². The summed E-state index contributed by atoms with van der Waals surface area (Å²) in [6.45, 7) is 0. The van der Waals surface area contributed by atoms with Gasteiger partial charge in [-0.25, -0.2) is 4.98 Å². The first-order valence-corrected chi connectivity index (χ1v) is 7.82. The van der Waals surface area contributed by atoms with Gasteiger partial charge in [0, 0.05) is 12.3 Å². The second-order valence-electron chi connectivity index (χ2n) is 5.17. The normalized spacial score (nSPS) is 17.6. The van der Waals surface area contributed by atoms with E-state index in [1.807, 2.05) is 0 Å². The molecule has 0 bridgehead atoms. The Morgan fingerprint density at radius 1 is 1.29 bits per heavy atom. The van der Waals surface area contributed by atoms with Gasteiger partial charge < -0.3 is 5.32 Å². The maximum Gasteiger partial charge on any atom is 0.275 e. The third kappa shape index (κ3) is 2.21. The fraction of sp³-hybridized carbons (Fsp3) is 0.267. The zero-order valence-corrected chi connectivity index (χ0v) is 12.1. The molecule has 0 aliphatic heterocycles. The zero-order valence-electron chi connectivity index (χ0n) is 11.3. The molecule has 1 N–H and O–H groups in total. The summed E-state index contributed by atoms with van der Waals surface area (Å²) in [6, 6.07) is 10.2. The quantitative estimate of drug-likeness (QED) is 0.790. The van der Waals surface area contributed by atoms with Crippen molar-refractivity contribution < 1.29 is 0 Å². The fourth-order valence-electron chi connectivity index (χ4n) is 2.85. The summed E-state index contributed by atoms with van der Waals surface area (Å²) in [6.07, 6.45) is 4.90. The van der Waals surface area contributed by atoms with Gasteiger partial charge in [0.2, 0.25) is 10.1 Å². The van der Waals surface area contributed by atoms with E-state index in [2.05, 4.69) is 39.7 Å². The fourth-order valence-corrected chi connectivity index (χ4v) is 3.68. The topological polar surface area (TPSA) is 59.3 Å². The Bertz CT molecular complexity index is 854. The molecule has 1 atom stereocenters. The molecule has 0 saturated heterocycles. The molecule has 1 unspecified atom stereocenters. The van der Waals surface area contributed by atoms with Crippen LogP contribution in [0.2, 0.25) is 0 Å². The first-order valence-electron chi connectivity index (χ1n) is 7.00. The number of hydrogen-bond donors (Lipinski definition) is 1. The summed E-state index contributed by atoms with van der Waals surface area (Å²) in [7, 11) is 0. The van der Waals surface area contributed by atoms with Crippen molar-refractivity contribution in [1.82, 2.24) is 14.6 Å². The molecule has 21 heavy (non-hydrogen) atoms. The van der Waals surface area contributed by atoms with Crippen LogP contribution in [-0.4, -0.2) is 14.6 Å². The van der Waals surface area contributed by atoms with Gasteiger partial charge in [-0.15, -0.1) is 5.10 Å². The van der Waals surface area contributed by atoms with Crippen LogP contribution in [0.3, 0.4) is 0 Å². The largest absolute Gasteiger partial charge is 0.353 e. The van der Waals surface area contributed by atoms with E-state index in [-0.39, 0.29) is 11.6 Å². The minimum atomic E-state index is -0.145. The van der Waals surface area contributed by atoms with Crippen molar-refractivity contribution in [2.24, 2.45) is 0 Å². The second-order valence-corrected chi connectivity index (χ2v) is 6.13. The summed E-state index contributed by atoms with van der Waals surface area (Å²) in [4.78, 5) is 16.5. The number of fused-ring (bicyclic) bond motifs is 2. The predicted molar refractivity (Wildman–Crippen MR) is 82.9 cm³/mol. The van der Waals surface area contributed by atoms with Gasteiger partial charge in [0.15, 0.2) is 0 Å². The lowest BCUT2D eigenvalue weighted by Gasteiger charge is -2.25. The van der Waals surface area contributed by atoms with Crippen molar-refractivity contribution in [3.8, 4) is 0 Å². The van der Waals surface area contributed by atoms with E-state index in [1.54, 1.807) is 0 Å². The van der Waals surface area contributed by atoms with Crippen LogP contribution < -0.4 is 10.9 Å². The minimum absolute atomic E-state index is 0.145. The Kier molecular flexibility index (Phi) is 2.96. The molecule has 0 amide bonds. The molecule has 1 aliphatic carbocycles. The third-order valence-electron chi connectivity index (χ3n) is 3.84. The predicted octanol–water partition coefficient (Wildman–Crippen LogP) is 2.64. The molecule has 1 aromatic carbocycles. The van der Waals surface area contributed by atoms with Gasteiger partial charge in [0.25, 0.3) is 5.56 Å². The maximum atomic E-state index is 11.7. The highest BCUT2D eigenvalue weighted by atomic mass is 32.1. The number of aromatic nitrogens is 3. The molecule has 0 saturated carbocycles. The van der Waals surface area contributed by atoms with Crippen molar-refractivity contribution in [3.63, 3.8) is 0 Å². The number of nitrogens with one attached hydrogen (secondary N) is 1. The number of aryl methyl sites for hydroxylation is 1. The first-order chi connectivity index (χ1) is 10.3. The lowest BCUT2D eigenvalue weighted by molar-refractivity contribution is 0.599. The Balaban J connectivity index is 1.69. The Morgan fingerprint density at radius 2 is 2.19 bits per heavy atom. The Labute approximate surface area is 125 Å². The molecule has 0 radical (unpaired) electrons. The van der Waals surface area contributed by atoms with Gasteiger partial charge in [-0.3, -0.25) is 4.79 Å². The second kappa shape index (κ2) is 4.96. The SMILES string of the molecule is O=c1ccnc2sc(NC3CCCc4ccccc43)nn12. The number of anilines is 1. The maximum absolute atomic E-state index is 11.7. The minimum Gasteiger partial charge on any atom is -0.353 e. The molecule has 1 aliphatic rings. The highest BCUT2D eigenvalue weighted by Gasteiger charge is 2.20. The average Bonchev–Trinajstić information content (AvgIpc) is 2.92. The summed E-state index contributed by atoms with van der Waals surface area (Å²) in [5.41, 5.74) is 2.59. The van der Waals surface area contributed by atoms with Gasteiger partial charge in [-0.2, -0.15) is 4.52 Å². The van der Waals surface area contributed by atoms with Crippen LogP contribution >= 0.6 is 11.3 Å². The smallest absolute Gasteiger partial charge is 0.275 e. The zero-order chi connectivity index (χ0) is 14.2. The number of benzene rings is 1. The van der Waals surface area contributed by atoms with Crippen molar-refractivity contribution in [3.05, 3.63) is 58.0 Å². The molecule has 0 fully saturated rings. The van der Waals surface area contributed by atoms with E-state index < -0.39 is 0 Å². The van der Waals surface area contributed by atoms with Crippen LogP contribution in [0.4, 0.5) is 5.13 Å². The number of rotatable bonds is 2. The molecule has 3 aromatic rings. The molecular weight excluding hydrogens is 284 g/mol. The summed E-state index contributed by atoms with van der Waals surface area (Å²) in [5, 5.41) is 8.53. The average molecular weight is 298 g/mol. The highest BCUT2D eigenvalue weighted by molar-refractivity contribution is 7.20. The van der Waals surface area contributed by atoms with Crippen molar-refractivity contribution >= 4 is 21.4 Å². The van der Waals surface area contributed by atoms with Gasteiger partial charge in [0.1, 0.15) is 0 Å². The van der Waals surface area contributed by atoms with Crippen molar-refractivity contribution in [2.45, 2.75) is 25.3 Å². The lowest BCUT2D eigenvalue weighted by atomic mass is 9.88. The van der Waals surface area contributed by atoms with E-state index in [4.69, 9.17) is 0 Å². The van der Waals surface area contributed by atoms with E-state index in [9.17, 15) is 4.79 Å². The molecule has 5 nitrogen and oxygen atoms in total. The lowest BCUT2D eigenvalue weighted by Crippen LogP contribution is -2.18. The molecule has 4 rings (SSSR count). The van der Waals surface area contributed by atoms with Crippen LogP contribution in [0.15, 0.2) is 41.3 Å². The van der Waals surface area contributed by atoms with Gasteiger partial charge in [0.05, 0.1) is 6.04 Å². The molecule has 2 heterocycles. The number of hydrogen-bond acceptors (Lipinski definition) is 5. The van der Waals surface area contributed by atoms with Crippen molar-refractivity contribution in [1.29, 1.82) is 0 Å². The van der Waals surface area contributed by atoms with Crippen LogP contribution in [0.1, 0.15) is 30.0 Å². The van der Waals surface area contributed by atoms with Crippen LogP contribution in [0, 0.1) is 0 Å². The molecule has 0 spiro atoms. The summed E-state index contributed by atoms with van der Waals surface area (Å²) in [5.74, 6) is 0.